The van der Waals surface area contributed by atoms with Crippen LogP contribution < -0.4 is 5.32 Å². The van der Waals surface area contributed by atoms with Crippen molar-refractivity contribution in [3.05, 3.63) is 30.1 Å². The molecule has 0 saturated carbocycles. The fourth-order valence-electron chi connectivity index (χ4n) is 2.66. The van der Waals surface area contributed by atoms with Crippen LogP contribution in [0.15, 0.2) is 24.5 Å². The summed E-state index contributed by atoms with van der Waals surface area (Å²) in [5, 5.41) is 2.93. The molecule has 0 aromatic carbocycles. The molecule has 6 nitrogen and oxygen atoms in total. The predicted octanol–water partition coefficient (Wildman–Crippen LogP) is 1.42. The van der Waals surface area contributed by atoms with Crippen molar-refractivity contribution in [2.24, 2.45) is 5.92 Å². The Balaban J connectivity index is 1.69. The van der Waals surface area contributed by atoms with Crippen molar-refractivity contribution in [3.8, 4) is 0 Å². The second kappa shape index (κ2) is 8.41. The Morgan fingerprint density at radius 3 is 2.61 bits per heavy atom. The number of likely N-dealkylation sites (tertiary alicyclic amines) is 1. The van der Waals surface area contributed by atoms with E-state index in [1.807, 2.05) is 4.90 Å². The van der Waals surface area contributed by atoms with Crippen molar-refractivity contribution in [2.75, 3.05) is 19.6 Å². The number of hydrogen-bond acceptors (Lipinski definition) is 4. The third-order valence-corrected chi connectivity index (χ3v) is 4.13. The molecule has 6 heteroatoms. The van der Waals surface area contributed by atoms with E-state index >= 15 is 0 Å². The van der Waals surface area contributed by atoms with Gasteiger partial charge in [0.15, 0.2) is 0 Å². The maximum Gasteiger partial charge on any atom is 0.252 e. The molecule has 1 aromatic rings. The van der Waals surface area contributed by atoms with E-state index in [2.05, 4.69) is 10.3 Å². The second-order valence-corrected chi connectivity index (χ2v) is 5.98. The van der Waals surface area contributed by atoms with E-state index < -0.39 is 0 Å². The number of pyridine rings is 1. The zero-order chi connectivity index (χ0) is 16.7. The topological polar surface area (TPSA) is 79.4 Å². The molecule has 2 amide bonds. The van der Waals surface area contributed by atoms with Gasteiger partial charge in [0.2, 0.25) is 5.91 Å². The third kappa shape index (κ3) is 5.47. The Bertz CT molecular complexity index is 551. The maximum atomic E-state index is 12.0. The quantitative estimate of drug-likeness (QED) is 0.860. The number of nitrogens with one attached hydrogen (secondary N) is 1. The van der Waals surface area contributed by atoms with Crippen LogP contribution in [-0.4, -0.2) is 47.1 Å². The number of ketones is 1. The largest absolute Gasteiger partial charge is 0.352 e. The normalized spacial score (nSPS) is 15.3. The molecule has 0 atom stereocenters. The first-order valence-corrected chi connectivity index (χ1v) is 8.01. The number of amides is 2. The summed E-state index contributed by atoms with van der Waals surface area (Å²) in [7, 11) is 0. The molecule has 124 valence electrons. The van der Waals surface area contributed by atoms with Crippen molar-refractivity contribution in [3.63, 3.8) is 0 Å². The highest BCUT2D eigenvalue weighted by Gasteiger charge is 2.23. The van der Waals surface area contributed by atoms with Crippen LogP contribution in [0, 0.1) is 5.92 Å². The summed E-state index contributed by atoms with van der Waals surface area (Å²) in [5.41, 5.74) is 0.560. The molecule has 2 rings (SSSR count). The number of Topliss-reactive ketones (excluding diaryl/α,β-unsaturated/α-hetero) is 1. The van der Waals surface area contributed by atoms with E-state index in [9.17, 15) is 14.4 Å². The molecule has 0 bridgehead atoms. The number of nitrogens with zero attached hydrogens (tertiary/aromatic N) is 2. The van der Waals surface area contributed by atoms with Crippen LogP contribution in [-0.2, 0) is 9.59 Å². The van der Waals surface area contributed by atoms with Crippen LogP contribution in [0.4, 0.5) is 0 Å². The molecule has 1 aliphatic rings. The minimum Gasteiger partial charge on any atom is -0.352 e. The first kappa shape index (κ1) is 17.1. The van der Waals surface area contributed by atoms with Gasteiger partial charge in [0.1, 0.15) is 5.78 Å². The van der Waals surface area contributed by atoms with E-state index in [-0.39, 0.29) is 17.6 Å². The Kier molecular flexibility index (Phi) is 6.26. The summed E-state index contributed by atoms with van der Waals surface area (Å²) >= 11 is 0. The van der Waals surface area contributed by atoms with E-state index in [1.165, 1.54) is 6.92 Å². The first-order valence-electron chi connectivity index (χ1n) is 8.01. The van der Waals surface area contributed by atoms with Gasteiger partial charge in [-0.2, -0.15) is 0 Å². The number of carbonyl (C=O) groups is 3. The van der Waals surface area contributed by atoms with Gasteiger partial charge in [-0.15, -0.1) is 0 Å². The van der Waals surface area contributed by atoms with Gasteiger partial charge in [-0.1, -0.05) is 0 Å². The van der Waals surface area contributed by atoms with Crippen LogP contribution in [0.25, 0.3) is 0 Å². The van der Waals surface area contributed by atoms with Gasteiger partial charge < -0.3 is 15.0 Å². The van der Waals surface area contributed by atoms with Crippen molar-refractivity contribution in [1.82, 2.24) is 15.2 Å². The van der Waals surface area contributed by atoms with Crippen LogP contribution in [0.3, 0.4) is 0 Å². The van der Waals surface area contributed by atoms with Crippen LogP contribution in [0.5, 0.6) is 0 Å². The zero-order valence-corrected chi connectivity index (χ0v) is 13.5. The van der Waals surface area contributed by atoms with Gasteiger partial charge in [-0.3, -0.25) is 14.6 Å². The zero-order valence-electron chi connectivity index (χ0n) is 13.5. The van der Waals surface area contributed by atoms with Gasteiger partial charge in [0, 0.05) is 44.9 Å². The fourth-order valence-corrected chi connectivity index (χ4v) is 2.66. The predicted molar refractivity (Wildman–Crippen MR) is 85.8 cm³/mol. The summed E-state index contributed by atoms with van der Waals surface area (Å²) in [4.78, 5) is 40.6. The first-order chi connectivity index (χ1) is 11.1. The third-order valence-electron chi connectivity index (χ3n) is 4.13. The number of rotatable bonds is 6. The van der Waals surface area contributed by atoms with Gasteiger partial charge in [-0.05, 0) is 37.8 Å². The Morgan fingerprint density at radius 1 is 1.26 bits per heavy atom. The average molecular weight is 317 g/mol. The Hall–Kier alpha value is -2.24. The molecule has 1 fully saturated rings. The van der Waals surface area contributed by atoms with Gasteiger partial charge in [-0.25, -0.2) is 0 Å². The summed E-state index contributed by atoms with van der Waals surface area (Å²) in [6.45, 7) is 3.52. The van der Waals surface area contributed by atoms with Gasteiger partial charge in [0.05, 0.1) is 5.56 Å². The Morgan fingerprint density at radius 2 is 2.00 bits per heavy atom. The molecule has 0 aliphatic carbocycles. The highest BCUT2D eigenvalue weighted by Crippen LogP contribution is 2.17. The van der Waals surface area contributed by atoms with Crippen LogP contribution in [0.2, 0.25) is 0 Å². The monoisotopic (exact) mass is 317 g/mol. The van der Waals surface area contributed by atoms with E-state index in [0.29, 0.717) is 44.0 Å². The van der Waals surface area contributed by atoms with Crippen LogP contribution in [0.1, 0.15) is 43.0 Å². The number of piperidine rings is 1. The molecule has 1 aromatic heterocycles. The van der Waals surface area contributed by atoms with E-state index in [1.54, 1.807) is 24.5 Å². The molecule has 1 saturated heterocycles. The molecule has 0 spiro atoms. The summed E-state index contributed by atoms with van der Waals surface area (Å²) in [6, 6.07) is 3.47. The lowest BCUT2D eigenvalue weighted by atomic mass is 9.96. The molecule has 1 N–H and O–H groups in total. The number of hydrogen-bond donors (Lipinski definition) is 1. The van der Waals surface area contributed by atoms with E-state index in [4.69, 9.17) is 0 Å². The second-order valence-electron chi connectivity index (χ2n) is 5.98. The minimum absolute atomic E-state index is 0.0475. The molecule has 0 unspecified atom stereocenters. The molecule has 1 aliphatic heterocycles. The molecular formula is C17H23N3O3. The number of carbonyl (C=O) groups excluding carboxylic acids is 3. The fraction of sp³-hybridized carbons (Fsp3) is 0.529. The molecule has 0 radical (unpaired) electrons. The lowest BCUT2D eigenvalue weighted by Crippen LogP contribution is -2.41. The average Bonchev–Trinajstić information content (AvgIpc) is 2.58. The summed E-state index contributed by atoms with van der Waals surface area (Å²) < 4.78 is 0. The van der Waals surface area contributed by atoms with Gasteiger partial charge >= 0.3 is 0 Å². The minimum atomic E-state index is -0.113. The lowest BCUT2D eigenvalue weighted by molar-refractivity contribution is -0.134. The maximum absolute atomic E-state index is 12.0. The standard InChI is InChI=1S/C17H23N3O3/c1-13(21)4-5-16(22)20-9-6-14(7-10-20)11-19-17(23)15-3-2-8-18-12-15/h2-3,8,12,14H,4-7,9-11H2,1H3,(H,19,23). The van der Waals surface area contributed by atoms with Crippen molar-refractivity contribution in [2.45, 2.75) is 32.6 Å². The lowest BCUT2D eigenvalue weighted by Gasteiger charge is -2.32. The summed E-state index contributed by atoms with van der Waals surface area (Å²) in [5.74, 6) is 0.370. The Labute approximate surface area is 136 Å². The van der Waals surface area contributed by atoms with Crippen molar-refractivity contribution >= 4 is 17.6 Å². The van der Waals surface area contributed by atoms with Crippen molar-refractivity contribution < 1.29 is 14.4 Å². The van der Waals surface area contributed by atoms with Crippen molar-refractivity contribution in [1.29, 1.82) is 0 Å². The number of aromatic nitrogens is 1. The molecule has 2 heterocycles. The van der Waals surface area contributed by atoms with Crippen LogP contribution >= 0.6 is 0 Å². The molecular weight excluding hydrogens is 294 g/mol. The highest BCUT2D eigenvalue weighted by molar-refractivity contribution is 5.93. The molecule has 23 heavy (non-hydrogen) atoms. The van der Waals surface area contributed by atoms with E-state index in [0.717, 1.165) is 12.8 Å². The SMILES string of the molecule is CC(=O)CCC(=O)N1CCC(CNC(=O)c2cccnc2)CC1. The summed E-state index contributed by atoms with van der Waals surface area (Å²) in [6.07, 6.45) is 5.55. The highest BCUT2D eigenvalue weighted by atomic mass is 16.2. The smallest absolute Gasteiger partial charge is 0.252 e. The van der Waals surface area contributed by atoms with Gasteiger partial charge in [0.25, 0.3) is 5.91 Å².